The van der Waals surface area contributed by atoms with Gasteiger partial charge in [0, 0.05) is 5.56 Å². The number of carbonyl (C=O) groups is 1. The highest BCUT2D eigenvalue weighted by Gasteiger charge is 2.25. The predicted octanol–water partition coefficient (Wildman–Crippen LogP) is 5.57. The molecule has 0 spiro atoms. The molecule has 0 aliphatic carbocycles. The third-order valence-corrected chi connectivity index (χ3v) is 4.37. The van der Waals surface area contributed by atoms with Crippen molar-refractivity contribution in [3.8, 4) is 16.9 Å². The minimum atomic E-state index is -1.02. The number of rotatable bonds is 4. The van der Waals surface area contributed by atoms with Crippen LogP contribution in [0.5, 0.6) is 5.75 Å². The van der Waals surface area contributed by atoms with Crippen LogP contribution in [0.25, 0.3) is 16.7 Å². The first kappa shape index (κ1) is 18.7. The molecule has 2 aromatic rings. The number of aromatic carboxylic acids is 1. The van der Waals surface area contributed by atoms with Gasteiger partial charge in [0.1, 0.15) is 11.6 Å². The molecule has 0 aliphatic rings. The number of hydrogen-bond acceptors (Lipinski definition) is 2. The van der Waals surface area contributed by atoms with Crippen LogP contribution in [-0.4, -0.2) is 18.2 Å². The van der Waals surface area contributed by atoms with Gasteiger partial charge in [-0.05, 0) is 58.9 Å². The molecular formula is C21H23FO3. The monoisotopic (exact) mass is 342 g/mol. The Kier molecular flexibility index (Phi) is 5.02. The zero-order valence-electron chi connectivity index (χ0n) is 15.2. The number of ether oxygens (including phenoxy) is 1. The van der Waals surface area contributed by atoms with Crippen LogP contribution in [0.15, 0.2) is 36.9 Å². The van der Waals surface area contributed by atoms with Crippen LogP contribution in [0.1, 0.15) is 42.3 Å². The van der Waals surface area contributed by atoms with Gasteiger partial charge in [0.25, 0.3) is 0 Å². The maximum Gasteiger partial charge on any atom is 0.335 e. The number of benzene rings is 2. The summed E-state index contributed by atoms with van der Waals surface area (Å²) in [7, 11) is 1.52. The second-order valence-corrected chi connectivity index (χ2v) is 7.04. The SMILES string of the molecule is C=C(c1c(-c2cc(OC)ccc2F)ccc(C(=O)O)c1C)C(C)(C)C. The molecule has 2 rings (SSSR count). The Morgan fingerprint density at radius 1 is 1.16 bits per heavy atom. The Morgan fingerprint density at radius 3 is 2.32 bits per heavy atom. The van der Waals surface area contributed by atoms with Crippen molar-refractivity contribution >= 4 is 11.5 Å². The van der Waals surface area contributed by atoms with Crippen LogP contribution in [0.4, 0.5) is 4.39 Å². The number of carboxylic acid groups (broad SMARTS) is 1. The maximum absolute atomic E-state index is 14.5. The van der Waals surface area contributed by atoms with Gasteiger partial charge >= 0.3 is 5.97 Å². The van der Waals surface area contributed by atoms with E-state index in [-0.39, 0.29) is 11.0 Å². The van der Waals surface area contributed by atoms with E-state index in [0.29, 0.717) is 28.0 Å². The maximum atomic E-state index is 14.5. The summed E-state index contributed by atoms with van der Waals surface area (Å²) in [4.78, 5) is 11.5. The van der Waals surface area contributed by atoms with Crippen LogP contribution >= 0.6 is 0 Å². The summed E-state index contributed by atoms with van der Waals surface area (Å²) >= 11 is 0. The van der Waals surface area contributed by atoms with Crippen molar-refractivity contribution in [2.75, 3.05) is 7.11 Å². The lowest BCUT2D eigenvalue weighted by Crippen LogP contribution is -2.12. The zero-order valence-corrected chi connectivity index (χ0v) is 15.2. The third kappa shape index (κ3) is 3.58. The van der Waals surface area contributed by atoms with Gasteiger partial charge in [-0.25, -0.2) is 9.18 Å². The van der Waals surface area contributed by atoms with Gasteiger partial charge in [-0.2, -0.15) is 0 Å². The molecule has 25 heavy (non-hydrogen) atoms. The van der Waals surface area contributed by atoms with Gasteiger partial charge in [-0.15, -0.1) is 0 Å². The third-order valence-electron chi connectivity index (χ3n) is 4.37. The van der Waals surface area contributed by atoms with E-state index in [1.54, 1.807) is 25.1 Å². The minimum absolute atomic E-state index is 0.187. The van der Waals surface area contributed by atoms with Gasteiger partial charge < -0.3 is 9.84 Å². The van der Waals surface area contributed by atoms with Crippen molar-refractivity contribution in [2.24, 2.45) is 5.41 Å². The highest BCUT2D eigenvalue weighted by Crippen LogP contribution is 2.42. The van der Waals surface area contributed by atoms with E-state index < -0.39 is 11.8 Å². The summed E-state index contributed by atoms with van der Waals surface area (Å²) in [6, 6.07) is 7.66. The largest absolute Gasteiger partial charge is 0.497 e. The highest BCUT2D eigenvalue weighted by molar-refractivity contribution is 5.95. The molecule has 0 atom stereocenters. The zero-order chi connectivity index (χ0) is 18.9. The minimum Gasteiger partial charge on any atom is -0.497 e. The van der Waals surface area contributed by atoms with Gasteiger partial charge in [0.05, 0.1) is 12.7 Å². The number of halogens is 1. The summed E-state index contributed by atoms with van der Waals surface area (Å²) in [6.07, 6.45) is 0. The standard InChI is InChI=1S/C21H23FO3/c1-12-15(20(23)24)8-9-16(19(12)13(2)21(3,4)5)17-11-14(25-6)7-10-18(17)22/h7-11H,2H2,1,3-6H3,(H,23,24). The molecule has 0 saturated heterocycles. The molecule has 0 radical (unpaired) electrons. The molecule has 0 unspecified atom stereocenters. The van der Waals surface area contributed by atoms with Gasteiger partial charge in [0.2, 0.25) is 0 Å². The lowest BCUT2D eigenvalue weighted by molar-refractivity contribution is 0.0696. The normalized spacial score (nSPS) is 11.3. The molecule has 0 heterocycles. The smallest absolute Gasteiger partial charge is 0.335 e. The van der Waals surface area contributed by atoms with E-state index in [4.69, 9.17) is 4.74 Å². The summed E-state index contributed by atoms with van der Waals surface area (Å²) in [5.74, 6) is -0.881. The van der Waals surface area contributed by atoms with E-state index in [1.807, 2.05) is 20.8 Å². The summed E-state index contributed by atoms with van der Waals surface area (Å²) in [5, 5.41) is 9.45. The Bertz CT molecular complexity index is 845. The number of allylic oxidation sites excluding steroid dienone is 1. The van der Waals surface area contributed by atoms with Crippen molar-refractivity contribution in [1.82, 2.24) is 0 Å². The highest BCUT2D eigenvalue weighted by atomic mass is 19.1. The number of hydrogen-bond donors (Lipinski definition) is 1. The predicted molar refractivity (Wildman–Crippen MR) is 98.6 cm³/mol. The van der Waals surface area contributed by atoms with Gasteiger partial charge in [-0.1, -0.05) is 33.4 Å². The Balaban J connectivity index is 2.85. The quantitative estimate of drug-likeness (QED) is 0.790. The van der Waals surface area contributed by atoms with Crippen LogP contribution < -0.4 is 4.74 Å². The topological polar surface area (TPSA) is 46.5 Å². The van der Waals surface area contributed by atoms with Crippen molar-refractivity contribution < 1.29 is 19.0 Å². The van der Waals surface area contributed by atoms with Gasteiger partial charge in [-0.3, -0.25) is 0 Å². The fourth-order valence-electron chi connectivity index (χ4n) is 2.77. The van der Waals surface area contributed by atoms with E-state index in [1.165, 1.54) is 19.2 Å². The van der Waals surface area contributed by atoms with Crippen molar-refractivity contribution in [1.29, 1.82) is 0 Å². The molecule has 1 N–H and O–H groups in total. The summed E-state index contributed by atoms with van der Waals surface area (Å²) in [5.41, 5.74) is 2.86. The number of methoxy groups -OCH3 is 1. The molecule has 4 heteroatoms. The lowest BCUT2D eigenvalue weighted by Gasteiger charge is -2.27. The lowest BCUT2D eigenvalue weighted by atomic mass is 9.77. The Hall–Kier alpha value is -2.62. The summed E-state index contributed by atoms with van der Waals surface area (Å²) in [6.45, 7) is 11.9. The van der Waals surface area contributed by atoms with E-state index in [9.17, 15) is 14.3 Å². The van der Waals surface area contributed by atoms with E-state index in [0.717, 1.165) is 5.57 Å². The van der Waals surface area contributed by atoms with Crippen LogP contribution in [0.3, 0.4) is 0 Å². The molecule has 3 nitrogen and oxygen atoms in total. The van der Waals surface area contributed by atoms with Crippen LogP contribution in [0.2, 0.25) is 0 Å². The average molecular weight is 342 g/mol. The molecule has 132 valence electrons. The van der Waals surface area contributed by atoms with Crippen molar-refractivity contribution in [3.63, 3.8) is 0 Å². The van der Waals surface area contributed by atoms with Gasteiger partial charge in [0.15, 0.2) is 0 Å². The first-order valence-corrected chi connectivity index (χ1v) is 7.98. The number of carboxylic acids is 1. The van der Waals surface area contributed by atoms with Crippen LogP contribution in [-0.2, 0) is 0 Å². The van der Waals surface area contributed by atoms with E-state index in [2.05, 4.69) is 6.58 Å². The Labute approximate surface area is 147 Å². The average Bonchev–Trinajstić information content (AvgIpc) is 2.53. The van der Waals surface area contributed by atoms with Crippen molar-refractivity contribution in [2.45, 2.75) is 27.7 Å². The molecule has 2 aromatic carbocycles. The van der Waals surface area contributed by atoms with E-state index >= 15 is 0 Å². The molecule has 0 amide bonds. The fraction of sp³-hybridized carbons (Fsp3) is 0.286. The van der Waals surface area contributed by atoms with Crippen LogP contribution in [0, 0.1) is 18.2 Å². The second-order valence-electron chi connectivity index (χ2n) is 7.04. The first-order valence-electron chi connectivity index (χ1n) is 7.98. The fourth-order valence-corrected chi connectivity index (χ4v) is 2.77. The second kappa shape index (κ2) is 6.71. The summed E-state index contributed by atoms with van der Waals surface area (Å²) < 4.78 is 19.7. The molecule has 0 aliphatic heterocycles. The van der Waals surface area contributed by atoms with Crippen molar-refractivity contribution in [3.05, 3.63) is 59.4 Å². The molecule has 0 fully saturated rings. The first-order chi connectivity index (χ1) is 11.6. The molecular weight excluding hydrogens is 319 g/mol. The molecule has 0 bridgehead atoms. The Morgan fingerprint density at radius 2 is 1.80 bits per heavy atom. The molecule has 0 saturated carbocycles. The molecule has 0 aromatic heterocycles.